The van der Waals surface area contributed by atoms with Crippen molar-refractivity contribution in [3.63, 3.8) is 0 Å². The summed E-state index contributed by atoms with van der Waals surface area (Å²) < 4.78 is 18.2. The minimum absolute atomic E-state index is 0.222. The highest BCUT2D eigenvalue weighted by Crippen LogP contribution is 2.13. The third-order valence-electron chi connectivity index (χ3n) is 3.23. The van der Waals surface area contributed by atoms with Gasteiger partial charge in [0, 0.05) is 26.3 Å². The molecule has 0 aliphatic heterocycles. The van der Waals surface area contributed by atoms with Crippen LogP contribution in [0.3, 0.4) is 0 Å². The van der Waals surface area contributed by atoms with Crippen LogP contribution >= 0.6 is 0 Å². The molecule has 6 heteroatoms. The normalized spacial score (nSPS) is 13.0. The maximum Gasteiger partial charge on any atom is 0.191 e. The van der Waals surface area contributed by atoms with Gasteiger partial charge in [-0.2, -0.15) is 0 Å². The number of guanidine groups is 1. The van der Waals surface area contributed by atoms with E-state index in [1.54, 1.807) is 12.1 Å². The van der Waals surface area contributed by atoms with Crippen LogP contribution in [0.15, 0.2) is 29.3 Å². The quantitative estimate of drug-likeness (QED) is 0.351. The number of aliphatic imine (C=N–C) groups is 1. The molecule has 0 saturated carbocycles. The monoisotopic (exact) mass is 325 g/mol. The Labute approximate surface area is 138 Å². The molecule has 0 aliphatic rings. The number of rotatable bonds is 10. The molecule has 1 atom stereocenters. The first-order valence-electron chi connectivity index (χ1n) is 8.20. The minimum atomic E-state index is -0.746. The van der Waals surface area contributed by atoms with Gasteiger partial charge in [-0.1, -0.05) is 12.1 Å². The molecule has 3 N–H and O–H groups in total. The molecular formula is C17H28FN3O2. The number of unbranched alkanes of at least 4 members (excludes halogenated alkanes) is 1. The molecule has 1 aromatic rings. The molecule has 0 aliphatic carbocycles. The Hall–Kier alpha value is -1.66. The number of ether oxygens (including phenoxy) is 1. The highest BCUT2D eigenvalue weighted by Gasteiger charge is 2.07. The zero-order chi connectivity index (χ0) is 16.9. The predicted octanol–water partition coefficient (Wildman–Crippen LogP) is 2.23. The molecule has 130 valence electrons. The van der Waals surface area contributed by atoms with E-state index in [0.29, 0.717) is 11.5 Å². The molecule has 1 unspecified atom stereocenters. The van der Waals surface area contributed by atoms with E-state index in [2.05, 4.69) is 15.6 Å². The number of halogens is 1. The van der Waals surface area contributed by atoms with Gasteiger partial charge in [0.2, 0.25) is 0 Å². The van der Waals surface area contributed by atoms with Crippen LogP contribution in [-0.4, -0.2) is 43.9 Å². The highest BCUT2D eigenvalue weighted by atomic mass is 19.1. The van der Waals surface area contributed by atoms with Crippen LogP contribution in [0.5, 0.6) is 0 Å². The van der Waals surface area contributed by atoms with E-state index >= 15 is 0 Å². The molecule has 1 rings (SSSR count). The van der Waals surface area contributed by atoms with Crippen LogP contribution in [0.4, 0.5) is 4.39 Å². The van der Waals surface area contributed by atoms with Crippen LogP contribution in [0.1, 0.15) is 38.4 Å². The molecule has 0 heterocycles. The first-order chi connectivity index (χ1) is 11.2. The fourth-order valence-corrected chi connectivity index (χ4v) is 1.99. The first kappa shape index (κ1) is 19.4. The Bertz CT molecular complexity index is 452. The Morgan fingerprint density at radius 2 is 1.96 bits per heavy atom. The standard InChI is InChI=1S/C17H28FN3O2/c1-3-19-17(20-11-5-6-12-23-4-2)21-13-16(22)14-7-9-15(18)10-8-14/h7-10,16,22H,3-6,11-13H2,1-2H3,(H2,19,20,21). The van der Waals surface area contributed by atoms with Gasteiger partial charge in [0.25, 0.3) is 0 Å². The number of hydrogen-bond donors (Lipinski definition) is 3. The second kappa shape index (κ2) is 11.8. The molecule has 1 aromatic carbocycles. The van der Waals surface area contributed by atoms with Crippen molar-refractivity contribution < 1.29 is 14.2 Å². The average Bonchev–Trinajstić information content (AvgIpc) is 2.56. The van der Waals surface area contributed by atoms with E-state index in [1.807, 2.05) is 13.8 Å². The molecule has 0 saturated heterocycles. The summed E-state index contributed by atoms with van der Waals surface area (Å²) in [6, 6.07) is 5.82. The van der Waals surface area contributed by atoms with Crippen molar-refractivity contribution in [1.82, 2.24) is 10.6 Å². The van der Waals surface area contributed by atoms with Crippen LogP contribution in [0, 0.1) is 5.82 Å². The van der Waals surface area contributed by atoms with Gasteiger partial charge in [0.1, 0.15) is 5.82 Å². The van der Waals surface area contributed by atoms with E-state index in [4.69, 9.17) is 4.74 Å². The Balaban J connectivity index is 2.39. The van der Waals surface area contributed by atoms with Crippen molar-refractivity contribution in [1.29, 1.82) is 0 Å². The maximum absolute atomic E-state index is 12.9. The summed E-state index contributed by atoms with van der Waals surface area (Å²) in [6.07, 6.45) is 1.24. The van der Waals surface area contributed by atoms with Crippen molar-refractivity contribution >= 4 is 5.96 Å². The summed E-state index contributed by atoms with van der Waals surface area (Å²) in [4.78, 5) is 4.37. The summed E-state index contributed by atoms with van der Waals surface area (Å²) in [7, 11) is 0. The average molecular weight is 325 g/mol. The van der Waals surface area contributed by atoms with Crippen molar-refractivity contribution in [2.75, 3.05) is 32.8 Å². The van der Waals surface area contributed by atoms with Crippen molar-refractivity contribution in [3.8, 4) is 0 Å². The minimum Gasteiger partial charge on any atom is -0.386 e. The number of aliphatic hydroxyl groups excluding tert-OH is 1. The molecule has 0 radical (unpaired) electrons. The van der Waals surface area contributed by atoms with E-state index in [9.17, 15) is 9.50 Å². The topological polar surface area (TPSA) is 65.9 Å². The predicted molar refractivity (Wildman–Crippen MR) is 91.1 cm³/mol. The lowest BCUT2D eigenvalue weighted by Gasteiger charge is -2.13. The lowest BCUT2D eigenvalue weighted by Crippen LogP contribution is -2.38. The van der Waals surface area contributed by atoms with E-state index in [0.717, 1.165) is 39.1 Å². The third-order valence-corrected chi connectivity index (χ3v) is 3.23. The fourth-order valence-electron chi connectivity index (χ4n) is 1.99. The van der Waals surface area contributed by atoms with E-state index in [-0.39, 0.29) is 12.4 Å². The molecule has 5 nitrogen and oxygen atoms in total. The van der Waals surface area contributed by atoms with Gasteiger partial charge >= 0.3 is 0 Å². The molecule has 0 amide bonds. The Kier molecular flexibility index (Phi) is 9.99. The summed E-state index contributed by atoms with van der Waals surface area (Å²) >= 11 is 0. The summed E-state index contributed by atoms with van der Waals surface area (Å²) in [6.45, 7) is 7.26. The smallest absolute Gasteiger partial charge is 0.191 e. The van der Waals surface area contributed by atoms with Crippen LogP contribution in [-0.2, 0) is 4.74 Å². The molecule has 23 heavy (non-hydrogen) atoms. The number of benzene rings is 1. The lowest BCUT2D eigenvalue weighted by atomic mass is 10.1. The highest BCUT2D eigenvalue weighted by molar-refractivity contribution is 5.79. The largest absolute Gasteiger partial charge is 0.386 e. The Morgan fingerprint density at radius 3 is 2.61 bits per heavy atom. The summed E-state index contributed by atoms with van der Waals surface area (Å²) in [5.74, 6) is 0.358. The number of nitrogens with one attached hydrogen (secondary N) is 2. The molecule has 0 bridgehead atoms. The van der Waals surface area contributed by atoms with Gasteiger partial charge in [-0.05, 0) is 44.4 Å². The maximum atomic E-state index is 12.9. The SMILES string of the molecule is CCNC(=NCC(O)c1ccc(F)cc1)NCCCCOCC. The van der Waals surface area contributed by atoms with Gasteiger partial charge in [0.05, 0.1) is 12.6 Å². The number of aliphatic hydroxyl groups is 1. The zero-order valence-electron chi connectivity index (χ0n) is 14.0. The van der Waals surface area contributed by atoms with Crippen LogP contribution in [0.25, 0.3) is 0 Å². The molecule has 0 fully saturated rings. The van der Waals surface area contributed by atoms with E-state index in [1.165, 1.54) is 12.1 Å². The second-order valence-corrected chi connectivity index (χ2v) is 5.12. The number of nitrogens with zero attached hydrogens (tertiary/aromatic N) is 1. The lowest BCUT2D eigenvalue weighted by molar-refractivity contribution is 0.143. The molecular weight excluding hydrogens is 297 g/mol. The summed E-state index contributed by atoms with van der Waals surface area (Å²) in [5.41, 5.74) is 0.655. The van der Waals surface area contributed by atoms with Gasteiger partial charge in [-0.3, -0.25) is 4.99 Å². The number of hydrogen-bond acceptors (Lipinski definition) is 3. The van der Waals surface area contributed by atoms with Crippen molar-refractivity contribution in [3.05, 3.63) is 35.6 Å². The van der Waals surface area contributed by atoms with Crippen molar-refractivity contribution in [2.45, 2.75) is 32.8 Å². The summed E-state index contributed by atoms with van der Waals surface area (Å²) in [5, 5.41) is 16.5. The molecule has 0 spiro atoms. The van der Waals surface area contributed by atoms with Crippen LogP contribution in [0.2, 0.25) is 0 Å². The Morgan fingerprint density at radius 1 is 1.22 bits per heavy atom. The first-order valence-corrected chi connectivity index (χ1v) is 8.20. The molecule has 0 aromatic heterocycles. The van der Waals surface area contributed by atoms with Crippen LogP contribution < -0.4 is 10.6 Å². The second-order valence-electron chi connectivity index (χ2n) is 5.12. The van der Waals surface area contributed by atoms with Gasteiger partial charge < -0.3 is 20.5 Å². The van der Waals surface area contributed by atoms with Gasteiger partial charge in [-0.25, -0.2) is 4.39 Å². The third kappa shape index (κ3) is 8.52. The fraction of sp³-hybridized carbons (Fsp3) is 0.588. The van der Waals surface area contributed by atoms with Gasteiger partial charge in [0.15, 0.2) is 5.96 Å². The zero-order valence-corrected chi connectivity index (χ0v) is 14.0. The van der Waals surface area contributed by atoms with Gasteiger partial charge in [-0.15, -0.1) is 0 Å². The van der Waals surface area contributed by atoms with E-state index < -0.39 is 6.10 Å². The van der Waals surface area contributed by atoms with Crippen molar-refractivity contribution in [2.24, 2.45) is 4.99 Å².